The van der Waals surface area contributed by atoms with Crippen molar-refractivity contribution in [2.75, 3.05) is 0 Å². The second-order valence-electron chi connectivity index (χ2n) is 5.01. The number of hydrogen-bond donors (Lipinski definition) is 0. The van der Waals surface area contributed by atoms with Gasteiger partial charge in [0.1, 0.15) is 4.99 Å². The van der Waals surface area contributed by atoms with Gasteiger partial charge < -0.3 is 0 Å². The van der Waals surface area contributed by atoms with E-state index in [9.17, 15) is 26.4 Å². The second-order valence-corrected chi connectivity index (χ2v) is 6.91. The first-order valence-corrected chi connectivity index (χ1v) is 8.52. The Morgan fingerprint density at radius 1 is 0.960 bits per heavy atom. The molecule has 3 rings (SSSR count). The normalized spacial score (nSPS) is 14.8. The fraction of sp³-hybridized carbons (Fsp3) is 0.0667. The topological polar surface area (TPSA) is 63.7 Å². The Morgan fingerprint density at radius 3 is 2.20 bits per heavy atom. The molecule has 0 unspecified atom stereocenters. The third-order valence-electron chi connectivity index (χ3n) is 3.41. The first kappa shape index (κ1) is 17.5. The summed E-state index contributed by atoms with van der Waals surface area (Å²) < 4.78 is 63.6. The van der Waals surface area contributed by atoms with E-state index >= 15 is 0 Å². The van der Waals surface area contributed by atoms with E-state index in [-0.39, 0.29) is 16.2 Å². The standard InChI is InChI=1S/C15H8F3NO4S2/c16-15(17,18)25(21,22)23-19-13(20)12-8-10(6-7-11(12)14(19)24)9-4-2-1-3-5-9/h1-8H. The maximum absolute atomic E-state index is 12.5. The quantitative estimate of drug-likeness (QED) is 0.598. The fourth-order valence-corrected chi connectivity index (χ4v) is 3.01. The first-order chi connectivity index (χ1) is 11.6. The van der Waals surface area contributed by atoms with Gasteiger partial charge >= 0.3 is 15.6 Å². The van der Waals surface area contributed by atoms with Crippen molar-refractivity contribution in [1.82, 2.24) is 5.06 Å². The minimum Gasteiger partial charge on any atom is -0.266 e. The Kier molecular flexibility index (Phi) is 4.13. The zero-order valence-corrected chi connectivity index (χ0v) is 13.8. The van der Waals surface area contributed by atoms with Gasteiger partial charge in [0.05, 0.1) is 5.56 Å². The zero-order chi connectivity index (χ0) is 18.4. The van der Waals surface area contributed by atoms with Gasteiger partial charge in [0.15, 0.2) is 0 Å². The molecule has 2 aromatic carbocycles. The molecular weight excluding hydrogens is 379 g/mol. The Hall–Kier alpha value is -2.30. The molecule has 0 atom stereocenters. The summed E-state index contributed by atoms with van der Waals surface area (Å²) in [4.78, 5) is 11.8. The number of carbonyl (C=O) groups is 1. The Balaban J connectivity index is 1.98. The van der Waals surface area contributed by atoms with E-state index in [1.54, 1.807) is 36.4 Å². The largest absolute Gasteiger partial charge is 0.525 e. The third kappa shape index (κ3) is 3.03. The van der Waals surface area contributed by atoms with Crippen molar-refractivity contribution in [3.8, 4) is 11.1 Å². The van der Waals surface area contributed by atoms with Crippen molar-refractivity contribution in [2.45, 2.75) is 5.51 Å². The lowest BCUT2D eigenvalue weighted by atomic mass is 10.0. The van der Waals surface area contributed by atoms with Crippen molar-refractivity contribution in [2.24, 2.45) is 0 Å². The van der Waals surface area contributed by atoms with Crippen LogP contribution >= 0.6 is 12.2 Å². The molecule has 0 spiro atoms. The van der Waals surface area contributed by atoms with Crippen LogP contribution in [0.4, 0.5) is 13.2 Å². The molecule has 1 aliphatic heterocycles. The molecule has 0 bridgehead atoms. The van der Waals surface area contributed by atoms with Crippen molar-refractivity contribution < 1.29 is 30.7 Å². The average Bonchev–Trinajstić information content (AvgIpc) is 2.79. The first-order valence-electron chi connectivity index (χ1n) is 6.71. The van der Waals surface area contributed by atoms with Gasteiger partial charge in [0, 0.05) is 5.56 Å². The van der Waals surface area contributed by atoms with Crippen LogP contribution in [0.2, 0.25) is 0 Å². The lowest BCUT2D eigenvalue weighted by molar-refractivity contribution is -0.0689. The van der Waals surface area contributed by atoms with Crippen molar-refractivity contribution in [3.63, 3.8) is 0 Å². The number of fused-ring (bicyclic) bond motifs is 1. The molecular formula is C15H8F3NO4S2. The van der Waals surface area contributed by atoms with Gasteiger partial charge in [-0.05, 0) is 17.2 Å². The van der Waals surface area contributed by atoms with Crippen LogP contribution in [0.25, 0.3) is 11.1 Å². The zero-order valence-electron chi connectivity index (χ0n) is 12.1. The molecule has 0 radical (unpaired) electrons. The molecule has 5 nitrogen and oxygen atoms in total. The predicted molar refractivity (Wildman–Crippen MR) is 85.8 cm³/mol. The number of alkyl halides is 3. The number of thiocarbonyl (C=S) groups is 1. The van der Waals surface area contributed by atoms with E-state index < -0.39 is 26.5 Å². The van der Waals surface area contributed by atoms with E-state index in [4.69, 9.17) is 12.2 Å². The number of nitrogens with zero attached hydrogens (tertiary/aromatic N) is 1. The van der Waals surface area contributed by atoms with Crippen LogP contribution in [0.5, 0.6) is 0 Å². The van der Waals surface area contributed by atoms with Gasteiger partial charge in [0.2, 0.25) is 0 Å². The Morgan fingerprint density at radius 2 is 1.60 bits per heavy atom. The second kappa shape index (κ2) is 5.90. The fourth-order valence-electron chi connectivity index (χ4n) is 2.24. The van der Waals surface area contributed by atoms with Gasteiger partial charge in [-0.3, -0.25) is 4.79 Å². The highest BCUT2D eigenvalue weighted by Gasteiger charge is 2.51. The number of carbonyl (C=O) groups excluding carboxylic acids is 1. The monoisotopic (exact) mass is 387 g/mol. The highest BCUT2D eigenvalue weighted by molar-refractivity contribution is 7.87. The number of hydroxylamine groups is 2. The third-order valence-corrected chi connectivity index (χ3v) is 4.71. The summed E-state index contributed by atoms with van der Waals surface area (Å²) in [6, 6.07) is 13.4. The minimum atomic E-state index is -6.01. The van der Waals surface area contributed by atoms with E-state index in [0.29, 0.717) is 5.56 Å². The number of halogens is 3. The summed E-state index contributed by atoms with van der Waals surface area (Å²) in [6.07, 6.45) is 0. The van der Waals surface area contributed by atoms with Crippen LogP contribution in [0, 0.1) is 0 Å². The molecule has 25 heavy (non-hydrogen) atoms. The van der Waals surface area contributed by atoms with E-state index in [1.165, 1.54) is 12.1 Å². The van der Waals surface area contributed by atoms with Gasteiger partial charge in [-0.1, -0.05) is 54.7 Å². The van der Waals surface area contributed by atoms with Crippen LogP contribution in [0.15, 0.2) is 48.5 Å². The number of benzene rings is 2. The van der Waals surface area contributed by atoms with Gasteiger partial charge in [-0.15, -0.1) is 4.28 Å². The summed E-state index contributed by atoms with van der Waals surface area (Å²) in [5.41, 5.74) is -4.20. The lowest BCUT2D eigenvalue weighted by Crippen LogP contribution is -2.37. The molecule has 130 valence electrons. The van der Waals surface area contributed by atoms with Crippen molar-refractivity contribution in [3.05, 3.63) is 59.7 Å². The highest BCUT2D eigenvalue weighted by Crippen LogP contribution is 2.32. The molecule has 2 aromatic rings. The Bertz CT molecular complexity index is 972. The van der Waals surface area contributed by atoms with Crippen LogP contribution in [0.3, 0.4) is 0 Å². The van der Waals surface area contributed by atoms with Gasteiger partial charge in [-0.25, -0.2) is 0 Å². The minimum absolute atomic E-state index is 0.0302. The van der Waals surface area contributed by atoms with E-state index in [1.807, 2.05) is 0 Å². The highest BCUT2D eigenvalue weighted by atomic mass is 32.2. The van der Waals surface area contributed by atoms with E-state index in [0.717, 1.165) is 5.56 Å². The summed E-state index contributed by atoms with van der Waals surface area (Å²) in [7, 11) is -6.01. The van der Waals surface area contributed by atoms with E-state index in [2.05, 4.69) is 4.28 Å². The van der Waals surface area contributed by atoms with Crippen LogP contribution < -0.4 is 0 Å². The van der Waals surface area contributed by atoms with Crippen LogP contribution in [-0.2, 0) is 14.4 Å². The molecule has 0 saturated heterocycles. The molecule has 0 aromatic heterocycles. The van der Waals surface area contributed by atoms with Crippen molar-refractivity contribution >= 4 is 33.2 Å². The smallest absolute Gasteiger partial charge is 0.266 e. The van der Waals surface area contributed by atoms with Crippen LogP contribution in [0.1, 0.15) is 15.9 Å². The molecule has 0 fully saturated rings. The molecule has 10 heteroatoms. The molecule has 1 heterocycles. The molecule has 0 aliphatic carbocycles. The molecule has 1 amide bonds. The molecule has 0 N–H and O–H groups in total. The Labute approximate surface area is 145 Å². The number of hydrogen-bond acceptors (Lipinski definition) is 5. The number of rotatable bonds is 3. The maximum Gasteiger partial charge on any atom is 0.525 e. The summed E-state index contributed by atoms with van der Waals surface area (Å²) in [5, 5.41) is -0.0302. The summed E-state index contributed by atoms with van der Waals surface area (Å²) >= 11 is 4.87. The van der Waals surface area contributed by atoms with Gasteiger partial charge in [-0.2, -0.15) is 26.7 Å². The average molecular weight is 387 g/mol. The number of amides is 1. The van der Waals surface area contributed by atoms with Crippen LogP contribution in [-0.4, -0.2) is 29.9 Å². The summed E-state index contributed by atoms with van der Waals surface area (Å²) in [5.74, 6) is -1.08. The lowest BCUT2D eigenvalue weighted by Gasteiger charge is -2.15. The van der Waals surface area contributed by atoms with Crippen molar-refractivity contribution in [1.29, 1.82) is 0 Å². The summed E-state index contributed by atoms with van der Waals surface area (Å²) in [6.45, 7) is 0. The SMILES string of the molecule is O=C1c2cc(-c3ccccc3)ccc2C(=S)N1OS(=O)(=O)C(F)(F)F. The van der Waals surface area contributed by atoms with Gasteiger partial charge in [0.25, 0.3) is 5.91 Å². The molecule has 0 saturated carbocycles. The maximum atomic E-state index is 12.5. The predicted octanol–water partition coefficient (Wildman–Crippen LogP) is 3.27. The molecule has 1 aliphatic rings.